The first-order valence-corrected chi connectivity index (χ1v) is 7.32. The Morgan fingerprint density at radius 2 is 2.33 bits per heavy atom. The first kappa shape index (κ1) is 11.9. The zero-order chi connectivity index (χ0) is 12.5. The number of hydrogen-bond acceptors (Lipinski definition) is 4. The predicted molar refractivity (Wildman–Crippen MR) is 72.7 cm³/mol. The Balaban J connectivity index is 1.75. The van der Waals surface area contributed by atoms with Crippen LogP contribution in [0.5, 0.6) is 0 Å². The summed E-state index contributed by atoms with van der Waals surface area (Å²) in [6.45, 7) is 6.15. The zero-order valence-electron chi connectivity index (χ0n) is 10.8. The molecule has 0 saturated carbocycles. The minimum absolute atomic E-state index is 0.431. The van der Waals surface area contributed by atoms with Crippen molar-refractivity contribution in [3.63, 3.8) is 0 Å². The lowest BCUT2D eigenvalue weighted by molar-refractivity contribution is 0.217. The molecule has 3 heterocycles. The highest BCUT2D eigenvalue weighted by molar-refractivity contribution is 7.09. The van der Waals surface area contributed by atoms with E-state index >= 15 is 0 Å². The van der Waals surface area contributed by atoms with Gasteiger partial charge in [0.1, 0.15) is 11.5 Å². The Morgan fingerprint density at radius 3 is 3.00 bits per heavy atom. The van der Waals surface area contributed by atoms with E-state index in [9.17, 15) is 0 Å². The van der Waals surface area contributed by atoms with Crippen molar-refractivity contribution in [1.82, 2.24) is 9.88 Å². The van der Waals surface area contributed by atoms with Crippen LogP contribution in [0.15, 0.2) is 21.9 Å². The fourth-order valence-corrected chi connectivity index (χ4v) is 3.26. The summed E-state index contributed by atoms with van der Waals surface area (Å²) >= 11 is 1.73. The third-order valence-corrected chi connectivity index (χ3v) is 4.31. The van der Waals surface area contributed by atoms with Crippen LogP contribution in [0.2, 0.25) is 0 Å². The van der Waals surface area contributed by atoms with Gasteiger partial charge in [-0.25, -0.2) is 4.98 Å². The minimum atomic E-state index is 0.431. The molecule has 4 heteroatoms. The van der Waals surface area contributed by atoms with Crippen molar-refractivity contribution in [3.05, 3.63) is 39.7 Å². The topological polar surface area (TPSA) is 29.3 Å². The average molecular weight is 262 g/mol. The van der Waals surface area contributed by atoms with Gasteiger partial charge in [0.05, 0.1) is 16.7 Å². The molecule has 18 heavy (non-hydrogen) atoms. The number of thiazole rings is 1. The van der Waals surface area contributed by atoms with Gasteiger partial charge in [0.25, 0.3) is 0 Å². The number of rotatable bonds is 3. The monoisotopic (exact) mass is 262 g/mol. The van der Waals surface area contributed by atoms with Gasteiger partial charge < -0.3 is 4.42 Å². The van der Waals surface area contributed by atoms with Crippen molar-refractivity contribution in [2.75, 3.05) is 6.54 Å². The number of aryl methyl sites for hydroxylation is 2. The summed E-state index contributed by atoms with van der Waals surface area (Å²) in [7, 11) is 0. The summed E-state index contributed by atoms with van der Waals surface area (Å²) in [5.41, 5.74) is 1.19. The molecule has 1 atom stereocenters. The van der Waals surface area contributed by atoms with Crippen LogP contribution in [0, 0.1) is 13.8 Å². The lowest BCUT2D eigenvalue weighted by Gasteiger charge is -2.21. The molecule has 2 aromatic heterocycles. The molecule has 3 nitrogen and oxygen atoms in total. The summed E-state index contributed by atoms with van der Waals surface area (Å²) in [4.78, 5) is 7.03. The standard InChI is InChI=1S/C14H18N2OS/c1-10-5-6-14(17-10)13-4-3-7-16(13)8-12-9-18-11(2)15-12/h5-6,9,13H,3-4,7-8H2,1-2H3/t13-/m0/s1. The van der Waals surface area contributed by atoms with Gasteiger partial charge in [0.2, 0.25) is 0 Å². The molecule has 2 aromatic rings. The fraction of sp³-hybridized carbons (Fsp3) is 0.500. The number of likely N-dealkylation sites (tertiary alicyclic amines) is 1. The Kier molecular flexibility index (Phi) is 3.22. The summed E-state index contributed by atoms with van der Waals surface area (Å²) in [6, 6.07) is 4.60. The second-order valence-electron chi connectivity index (χ2n) is 4.93. The van der Waals surface area contributed by atoms with Crippen molar-refractivity contribution >= 4 is 11.3 Å². The molecule has 0 amide bonds. The molecule has 0 radical (unpaired) electrons. The highest BCUT2D eigenvalue weighted by Gasteiger charge is 2.28. The lowest BCUT2D eigenvalue weighted by atomic mass is 10.1. The average Bonchev–Trinajstić information content (AvgIpc) is 3.01. The van der Waals surface area contributed by atoms with E-state index in [0.29, 0.717) is 6.04 Å². The van der Waals surface area contributed by atoms with Gasteiger partial charge >= 0.3 is 0 Å². The van der Waals surface area contributed by atoms with Crippen LogP contribution in [-0.4, -0.2) is 16.4 Å². The van der Waals surface area contributed by atoms with Crippen molar-refractivity contribution in [1.29, 1.82) is 0 Å². The molecule has 0 bridgehead atoms. The molecule has 0 unspecified atom stereocenters. The first-order valence-electron chi connectivity index (χ1n) is 6.44. The van der Waals surface area contributed by atoms with Gasteiger partial charge in [-0.1, -0.05) is 0 Å². The van der Waals surface area contributed by atoms with Crippen LogP contribution < -0.4 is 0 Å². The number of furan rings is 1. The van der Waals surface area contributed by atoms with E-state index in [1.54, 1.807) is 11.3 Å². The van der Waals surface area contributed by atoms with Gasteiger partial charge in [-0.2, -0.15) is 0 Å². The summed E-state index contributed by atoms with van der Waals surface area (Å²) < 4.78 is 5.78. The Bertz CT molecular complexity index is 531. The molecule has 0 aromatic carbocycles. The van der Waals surface area contributed by atoms with Gasteiger partial charge in [-0.05, 0) is 45.4 Å². The van der Waals surface area contributed by atoms with E-state index in [1.807, 2.05) is 6.92 Å². The molecular weight excluding hydrogens is 244 g/mol. The molecule has 0 aliphatic carbocycles. The highest BCUT2D eigenvalue weighted by atomic mass is 32.1. The molecule has 1 aliphatic heterocycles. The smallest absolute Gasteiger partial charge is 0.121 e. The second-order valence-corrected chi connectivity index (χ2v) is 6.00. The maximum absolute atomic E-state index is 5.78. The van der Waals surface area contributed by atoms with E-state index < -0.39 is 0 Å². The van der Waals surface area contributed by atoms with Crippen LogP contribution in [0.25, 0.3) is 0 Å². The van der Waals surface area contributed by atoms with Gasteiger partial charge in [-0.3, -0.25) is 4.90 Å². The number of nitrogens with zero attached hydrogens (tertiary/aromatic N) is 2. The van der Waals surface area contributed by atoms with Gasteiger partial charge in [-0.15, -0.1) is 11.3 Å². The summed E-state index contributed by atoms with van der Waals surface area (Å²) in [5, 5.41) is 3.31. The van der Waals surface area contributed by atoms with Crippen LogP contribution >= 0.6 is 11.3 Å². The molecule has 96 valence electrons. The molecule has 1 saturated heterocycles. The third-order valence-electron chi connectivity index (χ3n) is 3.48. The van der Waals surface area contributed by atoms with E-state index in [2.05, 4.69) is 34.3 Å². The second kappa shape index (κ2) is 4.86. The Labute approximate surface area is 111 Å². The van der Waals surface area contributed by atoms with Crippen LogP contribution in [0.3, 0.4) is 0 Å². The first-order chi connectivity index (χ1) is 8.72. The van der Waals surface area contributed by atoms with Crippen LogP contribution in [-0.2, 0) is 6.54 Å². The van der Waals surface area contributed by atoms with Gasteiger partial charge in [0.15, 0.2) is 0 Å². The molecule has 1 fully saturated rings. The molecule has 1 aliphatic rings. The Hall–Kier alpha value is -1.13. The summed E-state index contributed by atoms with van der Waals surface area (Å²) in [5.74, 6) is 2.11. The van der Waals surface area contributed by atoms with Crippen molar-refractivity contribution in [3.8, 4) is 0 Å². The number of aromatic nitrogens is 1. The Morgan fingerprint density at radius 1 is 1.44 bits per heavy atom. The SMILES string of the molecule is Cc1ccc([C@@H]2CCCN2Cc2csc(C)n2)o1. The van der Waals surface area contributed by atoms with Crippen molar-refractivity contribution < 1.29 is 4.42 Å². The summed E-state index contributed by atoms with van der Waals surface area (Å²) in [6.07, 6.45) is 2.43. The normalized spacial score (nSPS) is 20.7. The van der Waals surface area contributed by atoms with Crippen molar-refractivity contribution in [2.24, 2.45) is 0 Å². The van der Waals surface area contributed by atoms with E-state index in [4.69, 9.17) is 4.42 Å². The maximum atomic E-state index is 5.78. The highest BCUT2D eigenvalue weighted by Crippen LogP contribution is 2.34. The van der Waals surface area contributed by atoms with Crippen LogP contribution in [0.4, 0.5) is 0 Å². The largest absolute Gasteiger partial charge is 0.465 e. The van der Waals surface area contributed by atoms with Crippen molar-refractivity contribution in [2.45, 2.75) is 39.3 Å². The molecule has 3 rings (SSSR count). The quantitative estimate of drug-likeness (QED) is 0.844. The van der Waals surface area contributed by atoms with E-state index in [-0.39, 0.29) is 0 Å². The molecular formula is C14H18N2OS. The fourth-order valence-electron chi connectivity index (χ4n) is 2.66. The lowest BCUT2D eigenvalue weighted by Crippen LogP contribution is -2.22. The van der Waals surface area contributed by atoms with Gasteiger partial charge in [0, 0.05) is 11.9 Å². The zero-order valence-corrected chi connectivity index (χ0v) is 11.7. The number of hydrogen-bond donors (Lipinski definition) is 0. The predicted octanol–water partition coefficient (Wildman–Crippen LogP) is 3.69. The maximum Gasteiger partial charge on any atom is 0.121 e. The third kappa shape index (κ3) is 2.35. The molecule has 0 spiro atoms. The molecule has 0 N–H and O–H groups in total. The van der Waals surface area contributed by atoms with E-state index in [0.717, 1.165) is 29.6 Å². The van der Waals surface area contributed by atoms with E-state index in [1.165, 1.54) is 18.5 Å². The van der Waals surface area contributed by atoms with Crippen LogP contribution in [0.1, 0.15) is 41.1 Å². The minimum Gasteiger partial charge on any atom is -0.465 e.